The van der Waals surface area contributed by atoms with Crippen molar-refractivity contribution in [2.24, 2.45) is 11.3 Å². The molecule has 1 heterocycles. The average Bonchev–Trinajstić information content (AvgIpc) is 2.36. The molecule has 1 atom stereocenters. The zero-order chi connectivity index (χ0) is 16.3. The van der Waals surface area contributed by atoms with Gasteiger partial charge in [-0.3, -0.25) is 4.79 Å². The molecule has 0 saturated carbocycles. The molecular weight excluding hydrogens is 270 g/mol. The van der Waals surface area contributed by atoms with Crippen LogP contribution in [0.5, 0.6) is 0 Å². The maximum Gasteiger partial charge on any atom is 0.410 e. The van der Waals surface area contributed by atoms with Crippen LogP contribution >= 0.6 is 0 Å². The minimum atomic E-state index is -0.620. The maximum absolute atomic E-state index is 12.4. The number of rotatable bonds is 3. The number of hydrogen-bond acceptors (Lipinski definition) is 4. The molecule has 0 spiro atoms. The summed E-state index contributed by atoms with van der Waals surface area (Å²) in [6.07, 6.45) is 1.19. The highest BCUT2D eigenvalue weighted by Crippen LogP contribution is 2.39. The summed E-state index contributed by atoms with van der Waals surface area (Å²) in [6.45, 7) is 12.7. The lowest BCUT2D eigenvalue weighted by Gasteiger charge is -2.43. The Morgan fingerprint density at radius 1 is 1.29 bits per heavy atom. The van der Waals surface area contributed by atoms with Crippen molar-refractivity contribution in [3.8, 4) is 0 Å². The van der Waals surface area contributed by atoms with Gasteiger partial charge in [-0.1, -0.05) is 13.8 Å². The third-order valence-corrected chi connectivity index (χ3v) is 3.96. The first-order valence-electron chi connectivity index (χ1n) is 7.77. The van der Waals surface area contributed by atoms with Crippen LogP contribution in [-0.2, 0) is 14.3 Å². The third kappa shape index (κ3) is 4.35. The summed E-state index contributed by atoms with van der Waals surface area (Å²) < 4.78 is 10.7. The van der Waals surface area contributed by atoms with E-state index < -0.39 is 11.0 Å². The Kier molecular flexibility index (Phi) is 5.65. The molecule has 122 valence electrons. The minimum Gasteiger partial charge on any atom is -0.466 e. The summed E-state index contributed by atoms with van der Waals surface area (Å²) in [4.78, 5) is 26.3. The molecule has 0 aliphatic carbocycles. The molecule has 21 heavy (non-hydrogen) atoms. The molecule has 1 aliphatic rings. The molecule has 0 bridgehead atoms. The Balaban J connectivity index is 2.89. The van der Waals surface area contributed by atoms with E-state index in [1.54, 1.807) is 11.8 Å². The molecule has 5 heteroatoms. The predicted molar refractivity (Wildman–Crippen MR) is 80.9 cm³/mol. The van der Waals surface area contributed by atoms with Crippen LogP contribution in [0.2, 0.25) is 0 Å². The first kappa shape index (κ1) is 17.8. The fraction of sp³-hybridized carbons (Fsp3) is 0.875. The lowest BCUT2D eigenvalue weighted by Crippen LogP contribution is -2.53. The Labute approximate surface area is 128 Å². The van der Waals surface area contributed by atoms with Crippen LogP contribution in [0.25, 0.3) is 0 Å². The topological polar surface area (TPSA) is 55.8 Å². The van der Waals surface area contributed by atoms with Crippen molar-refractivity contribution in [3.05, 3.63) is 0 Å². The Morgan fingerprint density at radius 2 is 1.90 bits per heavy atom. The number of likely N-dealkylation sites (tertiary alicyclic amines) is 1. The molecule has 1 rings (SSSR count). The highest BCUT2D eigenvalue weighted by atomic mass is 16.6. The molecule has 0 N–H and O–H groups in total. The van der Waals surface area contributed by atoms with E-state index in [9.17, 15) is 9.59 Å². The van der Waals surface area contributed by atoms with E-state index in [4.69, 9.17) is 9.47 Å². The number of esters is 1. The highest BCUT2D eigenvalue weighted by molar-refractivity contribution is 5.79. The van der Waals surface area contributed by atoms with Crippen molar-refractivity contribution in [1.29, 1.82) is 0 Å². The largest absolute Gasteiger partial charge is 0.466 e. The van der Waals surface area contributed by atoms with E-state index in [0.717, 1.165) is 12.8 Å². The smallest absolute Gasteiger partial charge is 0.410 e. The van der Waals surface area contributed by atoms with Gasteiger partial charge in [0.25, 0.3) is 0 Å². The molecule has 0 aromatic rings. The summed E-state index contributed by atoms with van der Waals surface area (Å²) in [5.41, 5.74) is -1.15. The Hall–Kier alpha value is -1.26. The van der Waals surface area contributed by atoms with Gasteiger partial charge in [0.1, 0.15) is 5.60 Å². The number of amides is 1. The molecule has 1 fully saturated rings. The zero-order valence-electron chi connectivity index (χ0n) is 14.2. The SMILES string of the molecule is CCOC(=O)[C@@]1(C(C)C)CCCN(C(=O)OC(C)(C)C)C1. The average molecular weight is 299 g/mol. The summed E-state index contributed by atoms with van der Waals surface area (Å²) in [5.74, 6) is -0.0879. The van der Waals surface area contributed by atoms with Gasteiger partial charge in [0.15, 0.2) is 0 Å². The summed E-state index contributed by atoms with van der Waals surface area (Å²) >= 11 is 0. The van der Waals surface area contributed by atoms with Crippen LogP contribution < -0.4 is 0 Å². The molecule has 5 nitrogen and oxygen atoms in total. The standard InChI is InChI=1S/C16H29NO4/c1-7-20-13(18)16(12(2)3)9-8-10-17(11-16)14(19)21-15(4,5)6/h12H,7-11H2,1-6H3/t16-/m0/s1. The minimum absolute atomic E-state index is 0.113. The van der Waals surface area contributed by atoms with Crippen LogP contribution in [0.3, 0.4) is 0 Å². The van der Waals surface area contributed by atoms with E-state index in [1.807, 2.05) is 34.6 Å². The van der Waals surface area contributed by atoms with Crippen molar-refractivity contribution in [1.82, 2.24) is 4.90 Å². The van der Waals surface area contributed by atoms with Gasteiger partial charge in [0.05, 0.1) is 12.0 Å². The Bertz CT molecular complexity index is 386. The van der Waals surface area contributed by atoms with Gasteiger partial charge < -0.3 is 14.4 Å². The van der Waals surface area contributed by atoms with Gasteiger partial charge in [-0.25, -0.2) is 4.79 Å². The Morgan fingerprint density at radius 3 is 2.38 bits per heavy atom. The van der Waals surface area contributed by atoms with E-state index in [-0.39, 0.29) is 18.0 Å². The molecule has 1 aliphatic heterocycles. The number of ether oxygens (including phenoxy) is 2. The second-order valence-electron chi connectivity index (χ2n) is 7.04. The normalized spacial score (nSPS) is 23.1. The van der Waals surface area contributed by atoms with Crippen molar-refractivity contribution in [3.63, 3.8) is 0 Å². The maximum atomic E-state index is 12.4. The van der Waals surface area contributed by atoms with E-state index in [1.165, 1.54) is 0 Å². The molecule has 1 amide bonds. The van der Waals surface area contributed by atoms with Gasteiger partial charge in [-0.05, 0) is 46.5 Å². The van der Waals surface area contributed by atoms with Crippen LogP contribution in [0.4, 0.5) is 4.79 Å². The van der Waals surface area contributed by atoms with Crippen LogP contribution in [0.1, 0.15) is 54.4 Å². The van der Waals surface area contributed by atoms with E-state index in [2.05, 4.69) is 0 Å². The number of carbonyl (C=O) groups excluding carboxylic acids is 2. The number of carbonyl (C=O) groups is 2. The lowest BCUT2D eigenvalue weighted by molar-refractivity contribution is -0.162. The van der Waals surface area contributed by atoms with Gasteiger partial charge in [-0.2, -0.15) is 0 Å². The number of piperidine rings is 1. The van der Waals surface area contributed by atoms with Gasteiger partial charge in [0.2, 0.25) is 0 Å². The highest BCUT2D eigenvalue weighted by Gasteiger charge is 2.47. The second kappa shape index (κ2) is 6.67. The second-order valence-corrected chi connectivity index (χ2v) is 7.04. The van der Waals surface area contributed by atoms with Crippen LogP contribution in [0.15, 0.2) is 0 Å². The van der Waals surface area contributed by atoms with Crippen LogP contribution in [-0.4, -0.2) is 42.3 Å². The van der Waals surface area contributed by atoms with E-state index >= 15 is 0 Å². The zero-order valence-corrected chi connectivity index (χ0v) is 14.2. The van der Waals surface area contributed by atoms with Crippen LogP contribution in [0, 0.1) is 11.3 Å². The summed E-state index contributed by atoms with van der Waals surface area (Å²) in [5, 5.41) is 0. The monoisotopic (exact) mass is 299 g/mol. The molecule has 0 radical (unpaired) electrons. The van der Waals surface area contributed by atoms with E-state index in [0.29, 0.717) is 19.7 Å². The molecular formula is C16H29NO4. The molecule has 0 unspecified atom stereocenters. The summed E-state index contributed by atoms with van der Waals surface area (Å²) in [7, 11) is 0. The fourth-order valence-electron chi connectivity index (χ4n) is 2.71. The quantitative estimate of drug-likeness (QED) is 0.751. The van der Waals surface area contributed by atoms with Crippen molar-refractivity contribution in [2.45, 2.75) is 60.0 Å². The summed E-state index contributed by atoms with van der Waals surface area (Å²) in [6, 6.07) is 0. The van der Waals surface area contributed by atoms with Gasteiger partial charge in [-0.15, -0.1) is 0 Å². The number of nitrogens with zero attached hydrogens (tertiary/aromatic N) is 1. The molecule has 0 aromatic carbocycles. The first-order valence-corrected chi connectivity index (χ1v) is 7.77. The van der Waals surface area contributed by atoms with Crippen molar-refractivity contribution < 1.29 is 19.1 Å². The number of hydrogen-bond donors (Lipinski definition) is 0. The van der Waals surface area contributed by atoms with Crippen molar-refractivity contribution in [2.75, 3.05) is 19.7 Å². The van der Waals surface area contributed by atoms with Crippen molar-refractivity contribution >= 4 is 12.1 Å². The van der Waals surface area contributed by atoms with Gasteiger partial charge in [0, 0.05) is 13.1 Å². The lowest BCUT2D eigenvalue weighted by atomic mass is 9.71. The predicted octanol–water partition coefficient (Wildman–Crippen LogP) is 3.22. The molecule has 1 saturated heterocycles. The van der Waals surface area contributed by atoms with Gasteiger partial charge >= 0.3 is 12.1 Å². The first-order chi connectivity index (χ1) is 9.62. The third-order valence-electron chi connectivity index (χ3n) is 3.96. The molecule has 0 aromatic heterocycles. The fourth-order valence-corrected chi connectivity index (χ4v) is 2.71.